The van der Waals surface area contributed by atoms with Gasteiger partial charge in [0.1, 0.15) is 0 Å². The van der Waals surface area contributed by atoms with E-state index in [4.69, 9.17) is 4.74 Å². The molecule has 0 unspecified atom stereocenters. The quantitative estimate of drug-likeness (QED) is 0.379. The Hall–Kier alpha value is -0.530. The maximum absolute atomic E-state index is 11.5. The third-order valence-electron chi connectivity index (χ3n) is 3.64. The smallest absolute Gasteiger partial charge is 0.311 e. The number of carbonyl (C=O) groups excluding carboxylic acids is 1. The van der Waals surface area contributed by atoms with Gasteiger partial charge in [-0.15, -0.1) is 0 Å². The largest absolute Gasteiger partial charge is 0.469 e. The van der Waals surface area contributed by atoms with Crippen LogP contribution in [0.15, 0.2) is 0 Å². The summed E-state index contributed by atoms with van der Waals surface area (Å²) in [6.07, 6.45) is 12.8. The van der Waals surface area contributed by atoms with Crippen LogP contribution in [0.4, 0.5) is 0 Å². The van der Waals surface area contributed by atoms with Crippen LogP contribution in [-0.4, -0.2) is 13.1 Å². The van der Waals surface area contributed by atoms with E-state index in [0.717, 1.165) is 12.8 Å². The fourth-order valence-electron chi connectivity index (χ4n) is 2.26. The molecule has 0 rings (SSSR count). The fourth-order valence-corrected chi connectivity index (χ4v) is 2.26. The highest BCUT2D eigenvalue weighted by molar-refractivity contribution is 5.75. The van der Waals surface area contributed by atoms with E-state index in [-0.39, 0.29) is 11.4 Å². The standard InChI is InChI=1S/C16H32O2/c1-5-6-7-8-9-10-11-12-13-14-16(2,3)15(17)18-4/h5-14H2,1-4H3. The van der Waals surface area contributed by atoms with Crippen molar-refractivity contribution in [2.45, 2.75) is 85.0 Å². The molecule has 0 aliphatic carbocycles. The van der Waals surface area contributed by atoms with Crippen LogP contribution >= 0.6 is 0 Å². The first-order valence-corrected chi connectivity index (χ1v) is 7.63. The Labute approximate surface area is 113 Å². The Kier molecular flexibility index (Phi) is 10.1. The van der Waals surface area contributed by atoms with Crippen LogP contribution in [0.1, 0.15) is 85.0 Å². The van der Waals surface area contributed by atoms with Crippen LogP contribution in [0.25, 0.3) is 0 Å². The molecule has 0 aromatic carbocycles. The highest BCUT2D eigenvalue weighted by atomic mass is 16.5. The molecule has 2 nitrogen and oxygen atoms in total. The molecule has 0 aliphatic rings. The van der Waals surface area contributed by atoms with E-state index in [2.05, 4.69) is 6.92 Å². The summed E-state index contributed by atoms with van der Waals surface area (Å²) in [4.78, 5) is 11.5. The number of unbranched alkanes of at least 4 members (excludes halogenated alkanes) is 8. The van der Waals surface area contributed by atoms with Crippen molar-refractivity contribution in [1.82, 2.24) is 0 Å². The first-order valence-electron chi connectivity index (χ1n) is 7.63. The summed E-state index contributed by atoms with van der Waals surface area (Å²) in [6.45, 7) is 6.20. The Balaban J connectivity index is 3.37. The van der Waals surface area contributed by atoms with Gasteiger partial charge < -0.3 is 4.74 Å². The van der Waals surface area contributed by atoms with Gasteiger partial charge in [0.2, 0.25) is 0 Å². The topological polar surface area (TPSA) is 26.3 Å². The van der Waals surface area contributed by atoms with Gasteiger partial charge in [-0.3, -0.25) is 4.79 Å². The number of methoxy groups -OCH3 is 1. The average molecular weight is 256 g/mol. The van der Waals surface area contributed by atoms with Gasteiger partial charge >= 0.3 is 5.97 Å². The second kappa shape index (κ2) is 10.4. The zero-order valence-corrected chi connectivity index (χ0v) is 12.9. The molecule has 0 spiro atoms. The van der Waals surface area contributed by atoms with E-state index in [1.165, 1.54) is 58.5 Å². The molecule has 0 fully saturated rings. The fraction of sp³-hybridized carbons (Fsp3) is 0.938. The second-order valence-electron chi connectivity index (χ2n) is 5.95. The summed E-state index contributed by atoms with van der Waals surface area (Å²) in [5, 5.41) is 0. The van der Waals surface area contributed by atoms with E-state index in [1.54, 1.807) is 0 Å². The summed E-state index contributed by atoms with van der Waals surface area (Å²) in [5.41, 5.74) is -0.310. The average Bonchev–Trinajstić information content (AvgIpc) is 2.35. The molecule has 0 saturated carbocycles. The van der Waals surface area contributed by atoms with Crippen molar-refractivity contribution in [3.05, 3.63) is 0 Å². The van der Waals surface area contributed by atoms with E-state index < -0.39 is 0 Å². The molecule has 0 atom stereocenters. The molecular formula is C16H32O2. The number of esters is 1. The minimum atomic E-state index is -0.310. The summed E-state index contributed by atoms with van der Waals surface area (Å²) in [5.74, 6) is -0.0814. The monoisotopic (exact) mass is 256 g/mol. The lowest BCUT2D eigenvalue weighted by Crippen LogP contribution is -2.25. The third-order valence-corrected chi connectivity index (χ3v) is 3.64. The van der Waals surface area contributed by atoms with Crippen LogP contribution in [0.2, 0.25) is 0 Å². The van der Waals surface area contributed by atoms with E-state index in [9.17, 15) is 4.79 Å². The Morgan fingerprint density at radius 2 is 1.33 bits per heavy atom. The molecule has 0 radical (unpaired) electrons. The molecule has 0 heterocycles. The third kappa shape index (κ3) is 8.54. The predicted molar refractivity (Wildman–Crippen MR) is 77.6 cm³/mol. The van der Waals surface area contributed by atoms with E-state index >= 15 is 0 Å². The van der Waals surface area contributed by atoms with Gasteiger partial charge in [-0.25, -0.2) is 0 Å². The highest BCUT2D eigenvalue weighted by Gasteiger charge is 2.27. The van der Waals surface area contributed by atoms with Crippen LogP contribution in [0.5, 0.6) is 0 Å². The van der Waals surface area contributed by atoms with Crippen molar-refractivity contribution < 1.29 is 9.53 Å². The van der Waals surface area contributed by atoms with Crippen molar-refractivity contribution in [3.63, 3.8) is 0 Å². The SMILES string of the molecule is CCCCCCCCCCCC(C)(C)C(=O)OC. The van der Waals surface area contributed by atoms with Crippen LogP contribution in [-0.2, 0) is 9.53 Å². The normalized spacial score (nSPS) is 11.6. The molecule has 0 N–H and O–H groups in total. The maximum Gasteiger partial charge on any atom is 0.311 e. The molecule has 0 bridgehead atoms. The van der Waals surface area contributed by atoms with Crippen molar-refractivity contribution >= 4 is 5.97 Å². The summed E-state index contributed by atoms with van der Waals surface area (Å²) in [6, 6.07) is 0. The number of carbonyl (C=O) groups is 1. The van der Waals surface area contributed by atoms with Crippen LogP contribution in [0.3, 0.4) is 0 Å². The molecule has 0 aromatic heterocycles. The lowest BCUT2D eigenvalue weighted by atomic mass is 9.87. The van der Waals surface area contributed by atoms with Gasteiger partial charge in [-0.05, 0) is 20.3 Å². The van der Waals surface area contributed by atoms with Gasteiger partial charge in [0.15, 0.2) is 0 Å². The molecule has 108 valence electrons. The van der Waals surface area contributed by atoms with Gasteiger partial charge in [-0.1, -0.05) is 64.7 Å². The van der Waals surface area contributed by atoms with Crippen molar-refractivity contribution in [2.75, 3.05) is 7.11 Å². The van der Waals surface area contributed by atoms with Crippen LogP contribution < -0.4 is 0 Å². The molecule has 0 aromatic rings. The van der Waals surface area contributed by atoms with Crippen LogP contribution in [0, 0.1) is 5.41 Å². The summed E-state index contributed by atoms with van der Waals surface area (Å²) in [7, 11) is 1.47. The second-order valence-corrected chi connectivity index (χ2v) is 5.95. The number of rotatable bonds is 11. The zero-order chi connectivity index (χ0) is 13.9. The van der Waals surface area contributed by atoms with E-state index in [1.807, 2.05) is 13.8 Å². The minimum Gasteiger partial charge on any atom is -0.469 e. The number of hydrogen-bond acceptors (Lipinski definition) is 2. The number of ether oxygens (including phenoxy) is 1. The summed E-state index contributed by atoms with van der Waals surface area (Å²) < 4.78 is 4.81. The van der Waals surface area contributed by atoms with Gasteiger partial charge in [0.05, 0.1) is 12.5 Å². The van der Waals surface area contributed by atoms with E-state index in [0.29, 0.717) is 0 Å². The Morgan fingerprint density at radius 3 is 1.78 bits per heavy atom. The van der Waals surface area contributed by atoms with Crippen molar-refractivity contribution in [1.29, 1.82) is 0 Å². The minimum absolute atomic E-state index is 0.0814. The molecule has 0 aliphatic heterocycles. The zero-order valence-electron chi connectivity index (χ0n) is 12.9. The Bertz CT molecular complexity index is 209. The van der Waals surface area contributed by atoms with Gasteiger partial charge in [0.25, 0.3) is 0 Å². The molecule has 18 heavy (non-hydrogen) atoms. The molecule has 2 heteroatoms. The van der Waals surface area contributed by atoms with Crippen molar-refractivity contribution in [3.8, 4) is 0 Å². The summed E-state index contributed by atoms with van der Waals surface area (Å²) >= 11 is 0. The molecule has 0 saturated heterocycles. The van der Waals surface area contributed by atoms with Gasteiger partial charge in [0, 0.05) is 0 Å². The lowest BCUT2D eigenvalue weighted by molar-refractivity contribution is -0.151. The maximum atomic E-state index is 11.5. The first kappa shape index (κ1) is 17.5. The molecular weight excluding hydrogens is 224 g/mol. The van der Waals surface area contributed by atoms with Crippen molar-refractivity contribution in [2.24, 2.45) is 5.41 Å². The predicted octanol–water partition coefficient (Wildman–Crippen LogP) is 5.11. The molecule has 0 amide bonds. The number of hydrogen-bond donors (Lipinski definition) is 0. The first-order chi connectivity index (χ1) is 8.54. The highest BCUT2D eigenvalue weighted by Crippen LogP contribution is 2.25. The van der Waals surface area contributed by atoms with Gasteiger partial charge in [-0.2, -0.15) is 0 Å². The lowest BCUT2D eigenvalue weighted by Gasteiger charge is -2.20. The Morgan fingerprint density at radius 1 is 0.889 bits per heavy atom.